The molecule has 34 heavy (non-hydrogen) atoms. The van der Waals surface area contributed by atoms with Crippen molar-refractivity contribution in [1.82, 2.24) is 15.0 Å². The number of imidazole rings is 1. The summed E-state index contributed by atoms with van der Waals surface area (Å²) < 4.78 is 12.5. The van der Waals surface area contributed by atoms with Gasteiger partial charge in [-0.1, -0.05) is 11.6 Å². The highest BCUT2D eigenvalue weighted by molar-refractivity contribution is 6.32. The number of benzene rings is 2. The molecule has 7 nitrogen and oxygen atoms in total. The van der Waals surface area contributed by atoms with Gasteiger partial charge in [0, 0.05) is 35.7 Å². The van der Waals surface area contributed by atoms with E-state index < -0.39 is 0 Å². The number of carbonyl (C=O) groups excluding carboxylic acids is 1. The smallest absolute Gasteiger partial charge is 0.225 e. The van der Waals surface area contributed by atoms with Gasteiger partial charge in [-0.2, -0.15) is 0 Å². The Morgan fingerprint density at radius 1 is 1.09 bits per heavy atom. The first-order valence-corrected chi connectivity index (χ1v) is 11.8. The average Bonchev–Trinajstić information content (AvgIpc) is 3.16. The van der Waals surface area contributed by atoms with E-state index in [-0.39, 0.29) is 23.8 Å². The number of carbonyl (C=O) groups is 1. The Balaban J connectivity index is 1.20. The van der Waals surface area contributed by atoms with Gasteiger partial charge in [0.15, 0.2) is 0 Å². The van der Waals surface area contributed by atoms with E-state index in [1.165, 1.54) is 11.1 Å². The highest BCUT2D eigenvalue weighted by Crippen LogP contribution is 2.64. The van der Waals surface area contributed by atoms with Crippen LogP contribution in [0.25, 0.3) is 11.0 Å². The zero-order valence-corrected chi connectivity index (χ0v) is 19.4. The largest absolute Gasteiger partial charge is 0.489 e. The molecule has 2 N–H and O–H groups in total. The van der Waals surface area contributed by atoms with Gasteiger partial charge in [-0.25, -0.2) is 9.97 Å². The molecule has 170 valence electrons. The Morgan fingerprint density at radius 3 is 2.82 bits per heavy atom. The van der Waals surface area contributed by atoms with Gasteiger partial charge in [0.2, 0.25) is 5.91 Å². The van der Waals surface area contributed by atoms with Crippen LogP contribution in [-0.4, -0.2) is 27.0 Å². The molecule has 7 rings (SSSR count). The second-order valence-corrected chi connectivity index (χ2v) is 9.72. The van der Waals surface area contributed by atoms with Crippen molar-refractivity contribution in [2.24, 2.45) is 0 Å². The molecule has 0 bridgehead atoms. The van der Waals surface area contributed by atoms with Crippen molar-refractivity contribution in [3.05, 3.63) is 69.6 Å². The summed E-state index contributed by atoms with van der Waals surface area (Å²) in [5.41, 5.74) is 6.48. The number of fused-ring (bicyclic) bond motifs is 5. The molecule has 3 atom stereocenters. The highest BCUT2D eigenvalue weighted by Gasteiger charge is 2.61. The monoisotopic (exact) mass is 472 g/mol. The number of halogens is 1. The maximum Gasteiger partial charge on any atom is 0.225 e. The lowest BCUT2D eigenvalue weighted by atomic mass is 10.1. The van der Waals surface area contributed by atoms with E-state index in [0.717, 1.165) is 33.7 Å². The fraction of sp³-hybridized carbons (Fsp3) is 0.269. The summed E-state index contributed by atoms with van der Waals surface area (Å²) in [6, 6.07) is 9.89. The first kappa shape index (κ1) is 19.9. The van der Waals surface area contributed by atoms with Crippen molar-refractivity contribution >= 4 is 34.4 Å². The van der Waals surface area contributed by atoms with E-state index in [4.69, 9.17) is 26.1 Å². The van der Waals surface area contributed by atoms with Crippen LogP contribution >= 0.6 is 11.6 Å². The van der Waals surface area contributed by atoms with Crippen LogP contribution in [0, 0.1) is 13.8 Å². The van der Waals surface area contributed by atoms with E-state index in [0.29, 0.717) is 35.2 Å². The summed E-state index contributed by atoms with van der Waals surface area (Å²) in [6.45, 7) is 4.22. The van der Waals surface area contributed by atoms with Crippen molar-refractivity contribution in [2.75, 3.05) is 5.32 Å². The summed E-state index contributed by atoms with van der Waals surface area (Å²) in [7, 11) is 0. The second kappa shape index (κ2) is 6.96. The summed E-state index contributed by atoms with van der Waals surface area (Å²) in [6.07, 6.45) is 2.66. The van der Waals surface area contributed by atoms with E-state index in [1.807, 2.05) is 12.1 Å². The molecule has 3 aliphatic rings. The number of amides is 1. The first-order chi connectivity index (χ1) is 16.5. The molecule has 1 saturated carbocycles. The standard InChI is InChI=1S/C26H21ClN4O3/c1-11-7-16-17(8-12(11)2)30-26(29-16)23-22-14-9-20(15(27)10-19(14)34-24(22)23)33-18-5-6-28-25-13(18)3-4-21(32)31-25/h5-10,22-24H,3-4H2,1-2H3,(H,29,30)(H,28,31,32). The van der Waals surface area contributed by atoms with Gasteiger partial charge >= 0.3 is 0 Å². The normalized spacial score (nSPS) is 22.0. The van der Waals surface area contributed by atoms with Crippen LogP contribution in [-0.2, 0) is 11.2 Å². The van der Waals surface area contributed by atoms with Crippen molar-refractivity contribution < 1.29 is 14.3 Å². The zero-order chi connectivity index (χ0) is 23.1. The zero-order valence-electron chi connectivity index (χ0n) is 18.6. The summed E-state index contributed by atoms with van der Waals surface area (Å²) >= 11 is 6.55. The fourth-order valence-corrected chi connectivity index (χ4v) is 5.37. The molecule has 2 aromatic heterocycles. The van der Waals surface area contributed by atoms with Crippen LogP contribution in [0.4, 0.5) is 5.82 Å². The maximum absolute atomic E-state index is 11.7. The number of anilines is 1. The van der Waals surface area contributed by atoms with Crippen molar-refractivity contribution in [3.63, 3.8) is 0 Å². The average molecular weight is 473 g/mol. The molecule has 0 spiro atoms. The summed E-state index contributed by atoms with van der Waals surface area (Å²) in [5, 5.41) is 3.29. The lowest BCUT2D eigenvalue weighted by Crippen LogP contribution is -2.20. The van der Waals surface area contributed by atoms with Gasteiger partial charge in [-0.05, 0) is 55.7 Å². The number of ether oxygens (including phenoxy) is 2. The number of aromatic amines is 1. The number of nitrogens with one attached hydrogen (secondary N) is 2. The molecule has 1 amide bonds. The van der Waals surface area contributed by atoms with Gasteiger partial charge in [0.25, 0.3) is 0 Å². The molecule has 8 heteroatoms. The molecule has 1 fully saturated rings. The minimum absolute atomic E-state index is 0.0356. The van der Waals surface area contributed by atoms with Crippen LogP contribution in [0.15, 0.2) is 36.5 Å². The quantitative estimate of drug-likeness (QED) is 0.408. The number of hydrogen-bond acceptors (Lipinski definition) is 5. The van der Waals surface area contributed by atoms with E-state index in [9.17, 15) is 4.79 Å². The number of aromatic nitrogens is 3. The van der Waals surface area contributed by atoms with Crippen LogP contribution < -0.4 is 14.8 Å². The number of H-pyrrole nitrogens is 1. The van der Waals surface area contributed by atoms with E-state index in [2.05, 4.69) is 41.3 Å². The molecule has 3 unspecified atom stereocenters. The van der Waals surface area contributed by atoms with Crippen molar-refractivity contribution in [3.8, 4) is 17.2 Å². The molecule has 0 saturated heterocycles. The van der Waals surface area contributed by atoms with Gasteiger partial charge in [0.05, 0.1) is 22.0 Å². The van der Waals surface area contributed by atoms with Crippen LogP contribution in [0.2, 0.25) is 5.02 Å². The number of rotatable bonds is 3. The highest BCUT2D eigenvalue weighted by atomic mass is 35.5. The predicted octanol–water partition coefficient (Wildman–Crippen LogP) is 5.55. The van der Waals surface area contributed by atoms with Crippen LogP contribution in [0.5, 0.6) is 17.2 Å². The third-order valence-corrected chi connectivity index (χ3v) is 7.46. The fourth-order valence-electron chi connectivity index (χ4n) is 5.18. The third kappa shape index (κ3) is 2.93. The predicted molar refractivity (Wildman–Crippen MR) is 128 cm³/mol. The second-order valence-electron chi connectivity index (χ2n) is 9.32. The number of aryl methyl sites for hydroxylation is 2. The summed E-state index contributed by atoms with van der Waals surface area (Å²) in [5.74, 6) is 3.88. The Morgan fingerprint density at radius 2 is 1.94 bits per heavy atom. The Hall–Kier alpha value is -3.58. The van der Waals surface area contributed by atoms with Gasteiger partial charge in [-0.15, -0.1) is 0 Å². The van der Waals surface area contributed by atoms with Crippen molar-refractivity contribution in [2.45, 2.75) is 44.6 Å². The lowest BCUT2D eigenvalue weighted by molar-refractivity contribution is -0.116. The Labute approximate surface area is 200 Å². The molecular weight excluding hydrogens is 452 g/mol. The Kier molecular flexibility index (Phi) is 4.06. The van der Waals surface area contributed by atoms with Gasteiger partial charge in [0.1, 0.15) is 35.0 Å². The number of pyridine rings is 1. The molecule has 1 aliphatic carbocycles. The first-order valence-electron chi connectivity index (χ1n) is 11.4. The summed E-state index contributed by atoms with van der Waals surface area (Å²) in [4.78, 5) is 24.3. The van der Waals surface area contributed by atoms with Crippen molar-refractivity contribution in [1.29, 1.82) is 0 Å². The lowest BCUT2D eigenvalue weighted by Gasteiger charge is -2.19. The number of hydrogen-bond donors (Lipinski definition) is 2. The van der Waals surface area contributed by atoms with Gasteiger partial charge in [-0.3, -0.25) is 4.79 Å². The maximum atomic E-state index is 11.7. The van der Waals surface area contributed by atoms with E-state index in [1.54, 1.807) is 12.3 Å². The van der Waals surface area contributed by atoms with Gasteiger partial charge < -0.3 is 19.8 Å². The minimum atomic E-state index is -0.0356. The topological polar surface area (TPSA) is 89.1 Å². The van der Waals surface area contributed by atoms with Crippen LogP contribution in [0.1, 0.15) is 46.3 Å². The molecule has 2 aliphatic heterocycles. The SMILES string of the molecule is Cc1cc2nc(C3C4Oc5cc(Cl)c(Oc6ccnc7c6CCC(=O)N7)cc5C43)[nH]c2cc1C. The van der Waals surface area contributed by atoms with E-state index >= 15 is 0 Å². The molecule has 0 radical (unpaired) electrons. The minimum Gasteiger partial charge on any atom is -0.489 e. The molecule has 2 aromatic carbocycles. The number of nitrogens with zero attached hydrogens (tertiary/aromatic N) is 2. The van der Waals surface area contributed by atoms with Crippen LogP contribution in [0.3, 0.4) is 0 Å². The Bertz CT molecular complexity index is 1490. The molecule has 4 aromatic rings. The molecular formula is C26H21ClN4O3. The molecule has 4 heterocycles. The third-order valence-electron chi connectivity index (χ3n) is 7.16.